The predicted molar refractivity (Wildman–Crippen MR) is 97.1 cm³/mol. The Hall–Kier alpha value is -2.76. The molecular weight excluding hydrogens is 314 g/mol. The minimum Gasteiger partial charge on any atom is -0.367 e. The standard InChI is InChI=1S/C19H23N5O/c1-13(2)9-18-23-19(25-24-18)16-6-7-17(21-12-16)22-14(3)10-15-5-4-8-20-11-15/h4-8,11-14H,9-10H2,1-3H3,(H,21,22)/t14-/m1/s1. The highest BCUT2D eigenvalue weighted by molar-refractivity contribution is 5.54. The first-order chi connectivity index (χ1) is 12.1. The molecule has 6 nitrogen and oxygen atoms in total. The maximum Gasteiger partial charge on any atom is 0.259 e. The van der Waals surface area contributed by atoms with Crippen LogP contribution in [-0.4, -0.2) is 26.2 Å². The molecular formula is C19H23N5O. The third-order valence-electron chi connectivity index (χ3n) is 3.73. The highest BCUT2D eigenvalue weighted by Gasteiger charge is 2.11. The molecule has 0 saturated carbocycles. The topological polar surface area (TPSA) is 76.7 Å². The van der Waals surface area contributed by atoms with Crippen LogP contribution in [0.4, 0.5) is 5.82 Å². The van der Waals surface area contributed by atoms with Crippen LogP contribution < -0.4 is 5.32 Å². The summed E-state index contributed by atoms with van der Waals surface area (Å²) in [5.74, 6) is 2.56. The van der Waals surface area contributed by atoms with Crippen molar-refractivity contribution in [2.75, 3.05) is 5.32 Å². The Morgan fingerprint density at radius 1 is 1.08 bits per heavy atom. The summed E-state index contributed by atoms with van der Waals surface area (Å²) in [6.45, 7) is 6.38. The minimum atomic E-state index is 0.253. The van der Waals surface area contributed by atoms with Gasteiger partial charge in [0.1, 0.15) is 5.82 Å². The second-order valence-electron chi connectivity index (χ2n) is 6.66. The van der Waals surface area contributed by atoms with Gasteiger partial charge in [-0.1, -0.05) is 25.1 Å². The molecule has 0 aliphatic rings. The van der Waals surface area contributed by atoms with Gasteiger partial charge in [0.15, 0.2) is 5.82 Å². The van der Waals surface area contributed by atoms with Crippen molar-refractivity contribution in [3.8, 4) is 11.5 Å². The van der Waals surface area contributed by atoms with E-state index in [4.69, 9.17) is 4.52 Å². The largest absolute Gasteiger partial charge is 0.367 e. The van der Waals surface area contributed by atoms with E-state index in [9.17, 15) is 0 Å². The van der Waals surface area contributed by atoms with Crippen LogP contribution in [0.15, 0.2) is 47.4 Å². The molecule has 0 bridgehead atoms. The van der Waals surface area contributed by atoms with Crippen molar-refractivity contribution >= 4 is 5.82 Å². The SMILES string of the molecule is CC(C)Cc1noc(-c2ccc(N[C@H](C)Cc3cccnc3)nc2)n1. The number of pyridine rings is 2. The van der Waals surface area contributed by atoms with Crippen LogP contribution in [0.2, 0.25) is 0 Å². The smallest absolute Gasteiger partial charge is 0.259 e. The van der Waals surface area contributed by atoms with Crippen molar-refractivity contribution in [3.05, 3.63) is 54.2 Å². The highest BCUT2D eigenvalue weighted by atomic mass is 16.5. The van der Waals surface area contributed by atoms with Crippen molar-refractivity contribution in [2.45, 2.75) is 39.7 Å². The summed E-state index contributed by atoms with van der Waals surface area (Å²) in [6, 6.07) is 8.16. The van der Waals surface area contributed by atoms with Gasteiger partial charge in [0.05, 0.1) is 5.56 Å². The lowest BCUT2D eigenvalue weighted by Gasteiger charge is -2.14. The molecule has 0 aliphatic heterocycles. The molecule has 130 valence electrons. The molecule has 0 radical (unpaired) electrons. The van der Waals surface area contributed by atoms with Crippen LogP contribution in [0, 0.1) is 5.92 Å². The molecule has 0 aliphatic carbocycles. The van der Waals surface area contributed by atoms with E-state index in [1.165, 1.54) is 5.56 Å². The highest BCUT2D eigenvalue weighted by Crippen LogP contribution is 2.19. The summed E-state index contributed by atoms with van der Waals surface area (Å²) >= 11 is 0. The fourth-order valence-electron chi connectivity index (χ4n) is 2.60. The first-order valence-electron chi connectivity index (χ1n) is 8.54. The molecule has 6 heteroatoms. The van der Waals surface area contributed by atoms with Gasteiger partial charge >= 0.3 is 0 Å². The van der Waals surface area contributed by atoms with E-state index < -0.39 is 0 Å². The molecule has 0 amide bonds. The van der Waals surface area contributed by atoms with Gasteiger partial charge in [0.25, 0.3) is 5.89 Å². The van der Waals surface area contributed by atoms with Crippen molar-refractivity contribution in [1.29, 1.82) is 0 Å². The van der Waals surface area contributed by atoms with Gasteiger partial charge in [-0.2, -0.15) is 4.98 Å². The van der Waals surface area contributed by atoms with Gasteiger partial charge in [-0.3, -0.25) is 4.98 Å². The van der Waals surface area contributed by atoms with E-state index in [1.54, 1.807) is 12.4 Å². The Labute approximate surface area is 147 Å². The van der Waals surface area contributed by atoms with E-state index >= 15 is 0 Å². The van der Waals surface area contributed by atoms with E-state index in [1.807, 2.05) is 24.4 Å². The monoisotopic (exact) mass is 337 g/mol. The van der Waals surface area contributed by atoms with Crippen molar-refractivity contribution < 1.29 is 4.52 Å². The van der Waals surface area contributed by atoms with E-state index in [0.717, 1.165) is 30.0 Å². The average Bonchev–Trinajstić information content (AvgIpc) is 3.04. The van der Waals surface area contributed by atoms with Crippen molar-refractivity contribution in [3.63, 3.8) is 0 Å². The number of nitrogens with zero attached hydrogens (tertiary/aromatic N) is 4. The Kier molecular flexibility index (Phi) is 5.38. The Morgan fingerprint density at radius 2 is 1.96 bits per heavy atom. The maximum atomic E-state index is 5.32. The number of hydrogen-bond donors (Lipinski definition) is 1. The Bertz CT molecular complexity index is 783. The first kappa shape index (κ1) is 17.1. The summed E-state index contributed by atoms with van der Waals surface area (Å²) < 4.78 is 5.32. The molecule has 0 aromatic carbocycles. The van der Waals surface area contributed by atoms with Crippen LogP contribution in [0.5, 0.6) is 0 Å². The zero-order valence-electron chi connectivity index (χ0n) is 14.8. The predicted octanol–water partition coefficient (Wildman–Crippen LogP) is 3.77. The average molecular weight is 337 g/mol. The maximum absolute atomic E-state index is 5.32. The third-order valence-corrected chi connectivity index (χ3v) is 3.73. The Morgan fingerprint density at radius 3 is 2.64 bits per heavy atom. The number of aromatic nitrogens is 4. The number of hydrogen-bond acceptors (Lipinski definition) is 6. The summed E-state index contributed by atoms with van der Waals surface area (Å²) in [6.07, 6.45) is 7.12. The number of rotatable bonds is 7. The van der Waals surface area contributed by atoms with Gasteiger partial charge < -0.3 is 9.84 Å². The zero-order chi connectivity index (χ0) is 17.6. The first-order valence-corrected chi connectivity index (χ1v) is 8.54. The van der Waals surface area contributed by atoms with Gasteiger partial charge in [-0.05, 0) is 43.0 Å². The summed E-state index contributed by atoms with van der Waals surface area (Å²) in [7, 11) is 0. The quantitative estimate of drug-likeness (QED) is 0.707. The van der Waals surface area contributed by atoms with E-state index in [2.05, 4.69) is 52.3 Å². The zero-order valence-corrected chi connectivity index (χ0v) is 14.8. The molecule has 1 N–H and O–H groups in total. The van der Waals surface area contributed by atoms with Crippen LogP contribution in [-0.2, 0) is 12.8 Å². The van der Waals surface area contributed by atoms with Gasteiger partial charge in [0, 0.05) is 31.1 Å². The third kappa shape index (κ3) is 4.86. The lowest BCUT2D eigenvalue weighted by molar-refractivity contribution is 0.417. The molecule has 3 heterocycles. The van der Waals surface area contributed by atoms with Gasteiger partial charge in [-0.25, -0.2) is 4.98 Å². The summed E-state index contributed by atoms with van der Waals surface area (Å²) in [4.78, 5) is 13.0. The normalized spacial score (nSPS) is 12.3. The second kappa shape index (κ2) is 7.88. The summed E-state index contributed by atoms with van der Waals surface area (Å²) in [5, 5.41) is 7.41. The van der Waals surface area contributed by atoms with E-state index in [-0.39, 0.29) is 6.04 Å². The van der Waals surface area contributed by atoms with Crippen molar-refractivity contribution in [1.82, 2.24) is 20.1 Å². The number of nitrogens with one attached hydrogen (secondary N) is 1. The lowest BCUT2D eigenvalue weighted by atomic mass is 10.1. The van der Waals surface area contributed by atoms with Crippen LogP contribution in [0.25, 0.3) is 11.5 Å². The van der Waals surface area contributed by atoms with Gasteiger partial charge in [0.2, 0.25) is 0 Å². The molecule has 25 heavy (non-hydrogen) atoms. The molecule has 0 fully saturated rings. The molecule has 0 unspecified atom stereocenters. The molecule has 3 aromatic rings. The molecule has 3 rings (SSSR count). The molecule has 3 aromatic heterocycles. The number of anilines is 1. The van der Waals surface area contributed by atoms with Crippen LogP contribution >= 0.6 is 0 Å². The molecule has 1 atom stereocenters. The fraction of sp³-hybridized carbons (Fsp3) is 0.368. The second-order valence-corrected chi connectivity index (χ2v) is 6.66. The molecule has 0 spiro atoms. The van der Waals surface area contributed by atoms with Crippen LogP contribution in [0.1, 0.15) is 32.2 Å². The van der Waals surface area contributed by atoms with Crippen molar-refractivity contribution in [2.24, 2.45) is 5.92 Å². The van der Waals surface area contributed by atoms with Crippen LogP contribution in [0.3, 0.4) is 0 Å². The summed E-state index contributed by atoms with van der Waals surface area (Å²) in [5.41, 5.74) is 2.02. The Balaban J connectivity index is 1.61. The van der Waals surface area contributed by atoms with Gasteiger partial charge in [-0.15, -0.1) is 0 Å². The minimum absolute atomic E-state index is 0.253. The fourth-order valence-corrected chi connectivity index (χ4v) is 2.60. The lowest BCUT2D eigenvalue weighted by Crippen LogP contribution is -2.18. The van der Waals surface area contributed by atoms with E-state index in [0.29, 0.717) is 11.8 Å². The molecule has 0 saturated heterocycles.